The number of fused-ring (bicyclic) bond motifs is 1. The average Bonchev–Trinajstić information content (AvgIpc) is 2.57. The normalized spacial score (nSPS) is 24.2. The van der Waals surface area contributed by atoms with Crippen LogP contribution in [-0.4, -0.2) is 16.9 Å². The van der Waals surface area contributed by atoms with Gasteiger partial charge < -0.3 is 10.8 Å². The van der Waals surface area contributed by atoms with E-state index in [0.717, 1.165) is 17.1 Å². The second-order valence-electron chi connectivity index (χ2n) is 6.83. The zero-order valence-electron chi connectivity index (χ0n) is 13.9. The van der Waals surface area contributed by atoms with Crippen LogP contribution in [0, 0.1) is 4.91 Å². The molecule has 5 heteroatoms. The van der Waals surface area contributed by atoms with Gasteiger partial charge in [-0.3, -0.25) is 0 Å². The molecule has 2 unspecified atom stereocenters. The Labute approximate surface area is 146 Å². The number of hydrogen-bond donors (Lipinski definition) is 2. The highest BCUT2D eigenvalue weighted by Crippen LogP contribution is 2.52. The topological polar surface area (TPSA) is 75.7 Å². The smallest absolute Gasteiger partial charge is 0.115 e. The Bertz CT molecular complexity index is 746. The lowest BCUT2D eigenvalue weighted by Gasteiger charge is -2.43. The Balaban J connectivity index is 2.09. The maximum atomic E-state index is 10.8. The quantitative estimate of drug-likeness (QED) is 0.791. The van der Waals surface area contributed by atoms with Crippen molar-refractivity contribution in [2.75, 3.05) is 5.75 Å². The molecular formula is C19H22N2O2S. The van der Waals surface area contributed by atoms with Crippen molar-refractivity contribution in [2.24, 2.45) is 10.9 Å². The van der Waals surface area contributed by atoms with E-state index in [4.69, 9.17) is 5.73 Å². The van der Waals surface area contributed by atoms with Gasteiger partial charge in [0.15, 0.2) is 0 Å². The van der Waals surface area contributed by atoms with Gasteiger partial charge in [-0.2, -0.15) is 0 Å². The second kappa shape index (κ2) is 6.57. The Kier molecular flexibility index (Phi) is 4.65. The molecule has 0 saturated heterocycles. The summed E-state index contributed by atoms with van der Waals surface area (Å²) in [4.78, 5) is 11.9. The first-order valence-electron chi connectivity index (χ1n) is 8.09. The summed E-state index contributed by atoms with van der Waals surface area (Å²) in [6, 6.07) is 13.2. The Hall–Kier alpha value is -1.85. The van der Waals surface area contributed by atoms with E-state index in [1.807, 2.05) is 31.2 Å². The third-order valence-corrected chi connectivity index (χ3v) is 6.32. The highest BCUT2D eigenvalue weighted by Gasteiger charge is 2.41. The molecule has 24 heavy (non-hydrogen) atoms. The molecule has 0 bridgehead atoms. The van der Waals surface area contributed by atoms with Crippen LogP contribution in [0.3, 0.4) is 0 Å². The van der Waals surface area contributed by atoms with E-state index in [1.165, 1.54) is 11.1 Å². The molecule has 0 saturated carbocycles. The van der Waals surface area contributed by atoms with Crippen LogP contribution in [0.25, 0.3) is 0 Å². The van der Waals surface area contributed by atoms with Crippen LogP contribution in [0.1, 0.15) is 37.3 Å². The first kappa shape index (κ1) is 17.0. The SMILES string of the molecule is CC(N)CC1c2ccc(N=O)cc2SC[C@]1(C)c1ccc(O)cc1. The van der Waals surface area contributed by atoms with Gasteiger partial charge >= 0.3 is 0 Å². The summed E-state index contributed by atoms with van der Waals surface area (Å²) < 4.78 is 0. The summed E-state index contributed by atoms with van der Waals surface area (Å²) in [5, 5.41) is 12.7. The Morgan fingerprint density at radius 2 is 2.04 bits per heavy atom. The maximum Gasteiger partial charge on any atom is 0.115 e. The molecule has 0 aromatic heterocycles. The van der Waals surface area contributed by atoms with Crippen LogP contribution in [0.4, 0.5) is 5.69 Å². The highest BCUT2D eigenvalue weighted by molar-refractivity contribution is 7.99. The fraction of sp³-hybridized carbons (Fsp3) is 0.368. The zero-order valence-corrected chi connectivity index (χ0v) is 14.7. The van der Waals surface area contributed by atoms with Crippen LogP contribution in [0.5, 0.6) is 5.75 Å². The van der Waals surface area contributed by atoms with Gasteiger partial charge in [-0.25, -0.2) is 0 Å². The van der Waals surface area contributed by atoms with Gasteiger partial charge in [-0.15, -0.1) is 16.7 Å². The summed E-state index contributed by atoms with van der Waals surface area (Å²) in [6.07, 6.45) is 0.860. The van der Waals surface area contributed by atoms with Crippen molar-refractivity contribution < 1.29 is 5.11 Å². The van der Waals surface area contributed by atoms with Crippen LogP contribution in [0.2, 0.25) is 0 Å². The summed E-state index contributed by atoms with van der Waals surface area (Å²) in [5.41, 5.74) is 8.95. The van der Waals surface area contributed by atoms with Crippen molar-refractivity contribution in [2.45, 2.75) is 42.5 Å². The highest BCUT2D eigenvalue weighted by atomic mass is 32.2. The summed E-state index contributed by atoms with van der Waals surface area (Å²) in [6.45, 7) is 4.29. The fourth-order valence-corrected chi connectivity index (χ4v) is 4.95. The number of rotatable bonds is 4. The minimum atomic E-state index is -0.0882. The molecule has 2 aromatic carbocycles. The second-order valence-corrected chi connectivity index (χ2v) is 7.85. The third kappa shape index (κ3) is 3.06. The number of phenols is 1. The lowest BCUT2D eigenvalue weighted by atomic mass is 9.67. The number of hydrogen-bond acceptors (Lipinski definition) is 5. The van der Waals surface area contributed by atoms with Crippen molar-refractivity contribution in [3.8, 4) is 5.75 Å². The van der Waals surface area contributed by atoms with E-state index in [9.17, 15) is 10.0 Å². The standard InChI is InChI=1S/C19H22N2O2S/c1-12(20)9-17-16-8-5-14(21-23)10-18(16)24-11-19(17,2)13-3-6-15(22)7-4-13/h3-8,10,12,17,22H,9,11,20H2,1-2H3/t12?,17?,19-/m1/s1. The van der Waals surface area contributed by atoms with Gasteiger partial charge in [-0.1, -0.05) is 25.1 Å². The van der Waals surface area contributed by atoms with Crippen molar-refractivity contribution in [3.05, 3.63) is 58.5 Å². The molecule has 0 aliphatic carbocycles. The molecule has 4 nitrogen and oxygen atoms in total. The number of nitroso groups, excluding NO2 is 1. The number of benzene rings is 2. The molecule has 0 spiro atoms. The molecule has 126 valence electrons. The van der Waals surface area contributed by atoms with Gasteiger partial charge in [0.05, 0.1) is 0 Å². The molecule has 0 amide bonds. The number of aromatic hydroxyl groups is 1. The van der Waals surface area contributed by atoms with E-state index < -0.39 is 0 Å². The van der Waals surface area contributed by atoms with E-state index in [0.29, 0.717) is 5.69 Å². The summed E-state index contributed by atoms with van der Waals surface area (Å²) >= 11 is 1.75. The molecule has 3 atom stereocenters. The molecule has 0 fully saturated rings. The number of phenolic OH excluding ortho intramolecular Hbond substituents is 1. The van der Waals surface area contributed by atoms with Gasteiger partial charge in [0.25, 0.3) is 0 Å². The third-order valence-electron chi connectivity index (χ3n) is 4.91. The van der Waals surface area contributed by atoms with E-state index in [2.05, 4.69) is 12.1 Å². The van der Waals surface area contributed by atoms with Gasteiger partial charge in [-0.05, 0) is 59.8 Å². The van der Waals surface area contributed by atoms with E-state index in [1.54, 1.807) is 30.0 Å². The lowest BCUT2D eigenvalue weighted by Crippen LogP contribution is -2.38. The zero-order chi connectivity index (χ0) is 17.3. The predicted molar refractivity (Wildman–Crippen MR) is 99.1 cm³/mol. The van der Waals surface area contributed by atoms with Crippen molar-refractivity contribution in [3.63, 3.8) is 0 Å². The van der Waals surface area contributed by atoms with E-state index in [-0.39, 0.29) is 23.1 Å². The molecule has 3 rings (SSSR count). The van der Waals surface area contributed by atoms with Crippen molar-refractivity contribution >= 4 is 17.4 Å². The van der Waals surface area contributed by atoms with Crippen LogP contribution < -0.4 is 5.73 Å². The minimum Gasteiger partial charge on any atom is -0.508 e. The van der Waals surface area contributed by atoms with Crippen LogP contribution >= 0.6 is 11.8 Å². The van der Waals surface area contributed by atoms with Crippen LogP contribution in [-0.2, 0) is 5.41 Å². The van der Waals surface area contributed by atoms with Gasteiger partial charge in [0.2, 0.25) is 0 Å². The molecular weight excluding hydrogens is 320 g/mol. The number of thioether (sulfide) groups is 1. The maximum absolute atomic E-state index is 10.8. The number of nitrogens with two attached hydrogens (primary N) is 1. The van der Waals surface area contributed by atoms with Crippen LogP contribution in [0.15, 0.2) is 52.5 Å². The van der Waals surface area contributed by atoms with E-state index >= 15 is 0 Å². The fourth-order valence-electron chi connectivity index (χ4n) is 3.55. The molecule has 0 radical (unpaired) electrons. The molecule has 1 aliphatic heterocycles. The first-order chi connectivity index (χ1) is 11.4. The van der Waals surface area contributed by atoms with Crippen molar-refractivity contribution in [1.82, 2.24) is 0 Å². The first-order valence-corrected chi connectivity index (χ1v) is 9.08. The van der Waals surface area contributed by atoms with Gasteiger partial charge in [0, 0.05) is 22.1 Å². The monoisotopic (exact) mass is 342 g/mol. The molecule has 2 aromatic rings. The molecule has 1 heterocycles. The predicted octanol–water partition coefficient (Wildman–Crippen LogP) is 4.67. The Morgan fingerprint density at radius 1 is 1.33 bits per heavy atom. The number of nitrogens with zero attached hydrogens (tertiary/aromatic N) is 1. The molecule has 3 N–H and O–H groups in total. The summed E-state index contributed by atoms with van der Waals surface area (Å²) in [5.74, 6) is 1.42. The van der Waals surface area contributed by atoms with Gasteiger partial charge in [0.1, 0.15) is 11.4 Å². The minimum absolute atomic E-state index is 0.0752. The van der Waals surface area contributed by atoms with Crippen molar-refractivity contribution in [1.29, 1.82) is 0 Å². The Morgan fingerprint density at radius 3 is 2.67 bits per heavy atom. The lowest BCUT2D eigenvalue weighted by molar-refractivity contribution is 0.367. The summed E-state index contributed by atoms with van der Waals surface area (Å²) in [7, 11) is 0. The molecule has 1 aliphatic rings. The largest absolute Gasteiger partial charge is 0.508 e. The average molecular weight is 342 g/mol.